The fourth-order valence-electron chi connectivity index (χ4n) is 8.60. The number of hydrogen-bond acceptors (Lipinski definition) is 6. The van der Waals surface area contributed by atoms with Crippen LogP contribution in [0.1, 0.15) is 316 Å². The van der Waals surface area contributed by atoms with Crippen LogP contribution >= 0.6 is 0 Å². The van der Waals surface area contributed by atoms with Crippen molar-refractivity contribution in [3.8, 4) is 0 Å². The van der Waals surface area contributed by atoms with Crippen LogP contribution in [0.2, 0.25) is 0 Å². The SMILES string of the molecule is CCC/C=C\C/C=C\CCCCCCCC(=O)OC(COC(=O)CCCCCCCC)COC(=O)CCCCCCCCCCCCCCCCCCCCCCCCCCCCCC. The summed E-state index contributed by atoms with van der Waals surface area (Å²) >= 11 is 0. The van der Waals surface area contributed by atoms with E-state index in [0.717, 1.165) is 89.9 Å². The van der Waals surface area contributed by atoms with Gasteiger partial charge < -0.3 is 14.2 Å². The van der Waals surface area contributed by atoms with E-state index in [9.17, 15) is 14.4 Å². The molecule has 0 aromatic carbocycles. The molecule has 0 saturated carbocycles. The summed E-state index contributed by atoms with van der Waals surface area (Å²) in [6.07, 6.45) is 63.7. The van der Waals surface area contributed by atoms with Crippen LogP contribution in [-0.2, 0) is 28.6 Å². The average Bonchev–Trinajstić information content (AvgIpc) is 3.30. The van der Waals surface area contributed by atoms with Crippen LogP contribution in [0, 0.1) is 0 Å². The number of unbranched alkanes of at least 4 members (excludes halogenated alkanes) is 38. The van der Waals surface area contributed by atoms with Gasteiger partial charge in [-0.15, -0.1) is 0 Å². The van der Waals surface area contributed by atoms with Gasteiger partial charge in [0.15, 0.2) is 6.10 Å². The van der Waals surface area contributed by atoms with Crippen molar-refractivity contribution in [2.45, 2.75) is 322 Å². The minimum Gasteiger partial charge on any atom is -0.462 e. The number of allylic oxidation sites excluding steroid dienone is 4. The summed E-state index contributed by atoms with van der Waals surface area (Å²) < 4.78 is 16.7. The fraction of sp³-hybridized carbons (Fsp3) is 0.881. The topological polar surface area (TPSA) is 78.9 Å². The van der Waals surface area contributed by atoms with Gasteiger partial charge in [0.05, 0.1) is 0 Å². The highest BCUT2D eigenvalue weighted by atomic mass is 16.6. The predicted molar refractivity (Wildman–Crippen MR) is 279 cm³/mol. The number of ether oxygens (including phenoxy) is 3. The van der Waals surface area contributed by atoms with Crippen molar-refractivity contribution >= 4 is 17.9 Å². The molecule has 0 rings (SSSR count). The van der Waals surface area contributed by atoms with Crippen molar-refractivity contribution in [2.75, 3.05) is 13.2 Å². The van der Waals surface area contributed by atoms with Crippen LogP contribution in [0.5, 0.6) is 0 Å². The molecule has 0 N–H and O–H groups in total. The van der Waals surface area contributed by atoms with Gasteiger partial charge in [-0.05, 0) is 44.9 Å². The Hall–Kier alpha value is -2.11. The molecule has 0 amide bonds. The Morgan fingerprint density at radius 1 is 0.308 bits per heavy atom. The highest BCUT2D eigenvalue weighted by Gasteiger charge is 2.19. The third-order valence-electron chi connectivity index (χ3n) is 12.9. The lowest BCUT2D eigenvalue weighted by Crippen LogP contribution is -2.30. The first-order chi connectivity index (χ1) is 32.0. The summed E-state index contributed by atoms with van der Waals surface area (Å²) in [5.41, 5.74) is 0. The maximum Gasteiger partial charge on any atom is 0.306 e. The van der Waals surface area contributed by atoms with E-state index in [4.69, 9.17) is 14.2 Å². The Morgan fingerprint density at radius 3 is 0.908 bits per heavy atom. The standard InChI is InChI=1S/C59H110O6/c1-4-7-10-13-16-18-20-22-23-24-25-26-27-28-29-30-31-32-33-34-35-36-38-39-41-43-46-49-52-58(61)64-55-56(54-63-57(60)51-48-45-15-12-9-6-3)65-59(62)53-50-47-44-42-40-37-21-19-17-14-11-8-5-2/h11,14,19,21,56H,4-10,12-13,15-18,20,22-55H2,1-3H3/b14-11-,21-19-. The second kappa shape index (κ2) is 54.5. The van der Waals surface area contributed by atoms with E-state index in [1.54, 1.807) is 0 Å². The van der Waals surface area contributed by atoms with Gasteiger partial charge in [-0.2, -0.15) is 0 Å². The maximum absolute atomic E-state index is 12.7. The molecule has 6 heteroatoms. The molecule has 1 atom stereocenters. The van der Waals surface area contributed by atoms with Crippen molar-refractivity contribution in [2.24, 2.45) is 0 Å². The van der Waals surface area contributed by atoms with E-state index < -0.39 is 6.10 Å². The van der Waals surface area contributed by atoms with E-state index in [2.05, 4.69) is 45.1 Å². The predicted octanol–water partition coefficient (Wildman–Crippen LogP) is 19.1. The molecule has 0 spiro atoms. The Bertz CT molecular complexity index is 1050. The number of esters is 3. The van der Waals surface area contributed by atoms with Gasteiger partial charge in [-0.3, -0.25) is 14.4 Å². The van der Waals surface area contributed by atoms with Gasteiger partial charge >= 0.3 is 17.9 Å². The fourth-order valence-corrected chi connectivity index (χ4v) is 8.60. The smallest absolute Gasteiger partial charge is 0.306 e. The Balaban J connectivity index is 3.97. The van der Waals surface area contributed by atoms with Crippen LogP contribution in [0.3, 0.4) is 0 Å². The molecule has 0 fully saturated rings. The number of hydrogen-bond donors (Lipinski definition) is 0. The first kappa shape index (κ1) is 62.9. The molecule has 382 valence electrons. The Labute approximate surface area is 404 Å². The molecule has 0 aliphatic rings. The van der Waals surface area contributed by atoms with Gasteiger partial charge in [-0.25, -0.2) is 0 Å². The Kier molecular flexibility index (Phi) is 52.7. The van der Waals surface area contributed by atoms with Crippen LogP contribution in [0.25, 0.3) is 0 Å². The molecule has 6 nitrogen and oxygen atoms in total. The molecule has 1 unspecified atom stereocenters. The van der Waals surface area contributed by atoms with Crippen LogP contribution < -0.4 is 0 Å². The molecular formula is C59H110O6. The molecule has 65 heavy (non-hydrogen) atoms. The van der Waals surface area contributed by atoms with Gasteiger partial charge in [0, 0.05) is 19.3 Å². The highest BCUT2D eigenvalue weighted by Crippen LogP contribution is 2.17. The molecule has 0 saturated heterocycles. The number of carbonyl (C=O) groups excluding carboxylic acids is 3. The second-order valence-electron chi connectivity index (χ2n) is 19.6. The summed E-state index contributed by atoms with van der Waals surface area (Å²) in [6, 6.07) is 0. The molecule has 0 aromatic heterocycles. The molecule has 0 aliphatic heterocycles. The lowest BCUT2D eigenvalue weighted by Gasteiger charge is -2.18. The normalized spacial score (nSPS) is 12.1. The summed E-state index contributed by atoms with van der Waals surface area (Å²) in [5, 5.41) is 0. The number of carbonyl (C=O) groups is 3. The lowest BCUT2D eigenvalue weighted by atomic mass is 10.0. The minimum absolute atomic E-state index is 0.0731. The quantitative estimate of drug-likeness (QED) is 0.0262. The largest absolute Gasteiger partial charge is 0.462 e. The van der Waals surface area contributed by atoms with Gasteiger partial charge in [0.2, 0.25) is 0 Å². The van der Waals surface area contributed by atoms with Crippen molar-refractivity contribution in [1.29, 1.82) is 0 Å². The Morgan fingerprint density at radius 2 is 0.585 bits per heavy atom. The maximum atomic E-state index is 12.7. The highest BCUT2D eigenvalue weighted by molar-refractivity contribution is 5.71. The van der Waals surface area contributed by atoms with E-state index >= 15 is 0 Å². The minimum atomic E-state index is -0.771. The van der Waals surface area contributed by atoms with Gasteiger partial charge in [-0.1, -0.05) is 276 Å². The number of rotatable bonds is 53. The lowest BCUT2D eigenvalue weighted by molar-refractivity contribution is -0.167. The third-order valence-corrected chi connectivity index (χ3v) is 12.9. The van der Waals surface area contributed by atoms with Crippen LogP contribution in [0.15, 0.2) is 24.3 Å². The zero-order chi connectivity index (χ0) is 47.2. The first-order valence-electron chi connectivity index (χ1n) is 28.8. The molecule has 0 bridgehead atoms. The van der Waals surface area contributed by atoms with E-state index in [-0.39, 0.29) is 31.1 Å². The van der Waals surface area contributed by atoms with Crippen molar-refractivity contribution in [1.82, 2.24) is 0 Å². The molecule has 0 aromatic rings. The van der Waals surface area contributed by atoms with Crippen molar-refractivity contribution < 1.29 is 28.6 Å². The summed E-state index contributed by atoms with van der Waals surface area (Å²) in [7, 11) is 0. The van der Waals surface area contributed by atoms with E-state index in [0.29, 0.717) is 19.3 Å². The van der Waals surface area contributed by atoms with Gasteiger partial charge in [0.1, 0.15) is 13.2 Å². The van der Waals surface area contributed by atoms with E-state index in [1.165, 1.54) is 186 Å². The first-order valence-corrected chi connectivity index (χ1v) is 28.8. The molecular weight excluding hydrogens is 805 g/mol. The second-order valence-corrected chi connectivity index (χ2v) is 19.6. The molecule has 0 heterocycles. The zero-order valence-electron chi connectivity index (χ0n) is 43.8. The van der Waals surface area contributed by atoms with Crippen LogP contribution in [-0.4, -0.2) is 37.2 Å². The monoisotopic (exact) mass is 915 g/mol. The molecule has 0 aliphatic carbocycles. The van der Waals surface area contributed by atoms with Crippen molar-refractivity contribution in [3.63, 3.8) is 0 Å². The summed E-state index contributed by atoms with van der Waals surface area (Å²) in [5.74, 6) is -0.883. The van der Waals surface area contributed by atoms with Gasteiger partial charge in [0.25, 0.3) is 0 Å². The third kappa shape index (κ3) is 52.7. The van der Waals surface area contributed by atoms with Crippen LogP contribution in [0.4, 0.5) is 0 Å². The zero-order valence-corrected chi connectivity index (χ0v) is 43.8. The van der Waals surface area contributed by atoms with E-state index in [1.807, 2.05) is 0 Å². The average molecular weight is 916 g/mol. The van der Waals surface area contributed by atoms with Crippen molar-refractivity contribution in [3.05, 3.63) is 24.3 Å². The summed E-state index contributed by atoms with van der Waals surface area (Å²) in [6.45, 7) is 6.54. The molecule has 0 radical (unpaired) electrons. The summed E-state index contributed by atoms with van der Waals surface area (Å²) in [4.78, 5) is 37.8.